The minimum absolute atomic E-state index is 0.108. The van der Waals surface area contributed by atoms with Crippen molar-refractivity contribution in [3.8, 4) is 0 Å². The molecule has 1 spiro atoms. The third-order valence-electron chi connectivity index (χ3n) is 9.31. The Balaban J connectivity index is 1.30. The van der Waals surface area contributed by atoms with E-state index in [0.29, 0.717) is 23.6 Å². The van der Waals surface area contributed by atoms with Crippen LogP contribution in [0.2, 0.25) is 0 Å². The smallest absolute Gasteiger partial charge is 0.357 e. The number of hydrogen-bond donors (Lipinski definition) is 2. The Kier molecular flexibility index (Phi) is 8.53. The van der Waals surface area contributed by atoms with Crippen LogP contribution >= 0.6 is 11.3 Å². The zero-order valence-corrected chi connectivity index (χ0v) is 26.8. The first-order valence-corrected chi connectivity index (χ1v) is 16.2. The monoisotopic (exact) mass is 635 g/mol. The van der Waals surface area contributed by atoms with Crippen molar-refractivity contribution in [2.24, 2.45) is 10.8 Å². The molecule has 0 radical (unpaired) electrons. The van der Waals surface area contributed by atoms with Crippen molar-refractivity contribution < 1.29 is 23.2 Å². The molecule has 0 bridgehead atoms. The number of nitrogens with zero attached hydrogens (tertiary/aromatic N) is 3. The second-order valence-electron chi connectivity index (χ2n) is 13.4. The van der Waals surface area contributed by atoms with Crippen LogP contribution in [-0.4, -0.2) is 45.6 Å². The number of anilines is 1. The van der Waals surface area contributed by atoms with Gasteiger partial charge in [-0.2, -0.15) is 0 Å². The summed E-state index contributed by atoms with van der Waals surface area (Å²) >= 11 is 0.787. The number of hydrogen-bond acceptors (Lipinski definition) is 7. The number of aromatic nitrogens is 2. The number of thiophene rings is 1. The molecule has 11 heteroatoms. The maximum absolute atomic E-state index is 13.2. The minimum Gasteiger partial charge on any atom is -0.363 e. The van der Waals surface area contributed by atoms with Crippen LogP contribution in [0.25, 0.3) is 11.0 Å². The molecule has 3 heterocycles. The molecule has 1 amide bonds. The molecule has 2 N–H and O–H groups in total. The largest absolute Gasteiger partial charge is 0.363 e. The van der Waals surface area contributed by atoms with Crippen LogP contribution in [0.1, 0.15) is 89.9 Å². The summed E-state index contributed by atoms with van der Waals surface area (Å²) in [5.74, 6) is -0.482. The summed E-state index contributed by atoms with van der Waals surface area (Å²) in [5.41, 5.74) is 3.03. The van der Waals surface area contributed by atoms with Gasteiger partial charge in [0.2, 0.25) is 5.95 Å². The van der Waals surface area contributed by atoms with Crippen LogP contribution in [0, 0.1) is 10.8 Å². The van der Waals surface area contributed by atoms with Crippen molar-refractivity contribution in [3.05, 3.63) is 81.5 Å². The van der Waals surface area contributed by atoms with E-state index in [1.54, 1.807) is 29.3 Å². The number of alkyl halides is 2. The van der Waals surface area contributed by atoms with E-state index < -0.39 is 18.3 Å². The van der Waals surface area contributed by atoms with E-state index in [1.165, 1.54) is 12.1 Å². The summed E-state index contributed by atoms with van der Waals surface area (Å²) in [6.45, 7) is 10.7. The van der Waals surface area contributed by atoms with Gasteiger partial charge < -0.3 is 14.7 Å². The predicted octanol–water partition coefficient (Wildman–Crippen LogP) is 7.61. The van der Waals surface area contributed by atoms with E-state index in [-0.39, 0.29) is 32.7 Å². The lowest BCUT2D eigenvalue weighted by molar-refractivity contribution is -0.162. The second-order valence-corrected chi connectivity index (χ2v) is 14.6. The lowest BCUT2D eigenvalue weighted by Crippen LogP contribution is -2.42. The molecule has 1 aliphatic carbocycles. The fourth-order valence-electron chi connectivity index (χ4n) is 6.32. The van der Waals surface area contributed by atoms with Crippen molar-refractivity contribution in [2.45, 2.75) is 72.0 Å². The second kappa shape index (κ2) is 12.3. The number of benzene rings is 2. The fraction of sp³-hybridized carbons (Fsp3) is 0.441. The van der Waals surface area contributed by atoms with Crippen molar-refractivity contribution in [3.63, 3.8) is 0 Å². The van der Waals surface area contributed by atoms with Crippen molar-refractivity contribution in [1.82, 2.24) is 19.9 Å². The molecule has 4 aromatic rings. The third-order valence-corrected chi connectivity index (χ3v) is 10.4. The molecular formula is C34H39F2N5O3S. The van der Waals surface area contributed by atoms with Gasteiger partial charge in [0.15, 0.2) is 0 Å². The Bertz CT molecular complexity index is 1680. The van der Waals surface area contributed by atoms with Gasteiger partial charge in [-0.1, -0.05) is 45.0 Å². The molecule has 1 saturated heterocycles. The van der Waals surface area contributed by atoms with E-state index in [2.05, 4.69) is 36.0 Å². The molecule has 2 aromatic heterocycles. The van der Waals surface area contributed by atoms with E-state index in [4.69, 9.17) is 9.82 Å². The summed E-state index contributed by atoms with van der Waals surface area (Å²) in [4.78, 5) is 37.1. The minimum atomic E-state index is -2.63. The van der Waals surface area contributed by atoms with Crippen LogP contribution in [0.15, 0.2) is 60.7 Å². The first-order valence-electron chi connectivity index (χ1n) is 15.4. The molecule has 1 saturated carbocycles. The first kappa shape index (κ1) is 31.3. The Hall–Kier alpha value is -3.67. The van der Waals surface area contributed by atoms with Crippen LogP contribution in [0.5, 0.6) is 0 Å². The van der Waals surface area contributed by atoms with Gasteiger partial charge in [0.1, 0.15) is 0 Å². The van der Waals surface area contributed by atoms with E-state index in [1.807, 2.05) is 31.2 Å². The average Bonchev–Trinajstić information content (AvgIpc) is 3.74. The van der Waals surface area contributed by atoms with Gasteiger partial charge in [-0.05, 0) is 85.5 Å². The van der Waals surface area contributed by atoms with Gasteiger partial charge in [0, 0.05) is 18.6 Å². The van der Waals surface area contributed by atoms with Gasteiger partial charge in [0.05, 0.1) is 32.9 Å². The third kappa shape index (κ3) is 6.52. The van der Waals surface area contributed by atoms with Crippen molar-refractivity contribution >= 4 is 40.2 Å². The Morgan fingerprint density at radius 3 is 2.56 bits per heavy atom. The molecule has 238 valence electrons. The summed E-state index contributed by atoms with van der Waals surface area (Å²) in [6, 6.07) is 17.7. The number of fused-ring (bicyclic) bond motifs is 1. The van der Waals surface area contributed by atoms with Crippen LogP contribution < -0.4 is 10.6 Å². The van der Waals surface area contributed by atoms with Crippen LogP contribution in [-0.2, 0) is 11.4 Å². The lowest BCUT2D eigenvalue weighted by atomic mass is 9.65. The molecule has 8 nitrogen and oxygen atoms in total. The number of halogens is 2. The van der Waals surface area contributed by atoms with E-state index in [0.717, 1.165) is 54.8 Å². The highest BCUT2D eigenvalue weighted by atomic mass is 32.1. The Morgan fingerprint density at radius 1 is 1.16 bits per heavy atom. The quantitative estimate of drug-likeness (QED) is 0.184. The molecule has 1 aliphatic heterocycles. The molecule has 2 aliphatic rings. The lowest BCUT2D eigenvalue weighted by Gasteiger charge is -2.46. The number of rotatable bonds is 9. The van der Waals surface area contributed by atoms with Crippen molar-refractivity contribution in [1.29, 1.82) is 0 Å². The number of hydroxylamine groups is 2. The maximum Gasteiger partial charge on any atom is 0.357 e. The molecule has 2 fully saturated rings. The Morgan fingerprint density at radius 2 is 1.91 bits per heavy atom. The summed E-state index contributed by atoms with van der Waals surface area (Å²) in [6.07, 6.45) is 0.434. The zero-order chi connectivity index (χ0) is 31.9. The van der Waals surface area contributed by atoms with E-state index >= 15 is 0 Å². The Labute approximate surface area is 265 Å². The highest BCUT2D eigenvalue weighted by Gasteiger charge is 2.47. The molecule has 2 aromatic carbocycles. The fourth-order valence-corrected chi connectivity index (χ4v) is 7.07. The summed E-state index contributed by atoms with van der Waals surface area (Å²) < 4.78 is 28.5. The van der Waals surface area contributed by atoms with Gasteiger partial charge in [-0.3, -0.25) is 10.1 Å². The molecule has 0 unspecified atom stereocenters. The average molecular weight is 636 g/mol. The van der Waals surface area contributed by atoms with Crippen LogP contribution in [0.3, 0.4) is 0 Å². The van der Waals surface area contributed by atoms with Gasteiger partial charge >= 0.3 is 5.97 Å². The first-order chi connectivity index (χ1) is 21.4. The standard InChI is InChI=1S/C34H39F2N5O3S/c1-21(33(2,3)4)40(44-31(43)23-8-6-5-7-9-23)19-22-10-11-26-25(16-22)38-32(39-30(42)28-13-12-27(45-28)29(35)36)41(26)24-17-34(18-24)14-15-37-20-34/h5-13,16,21,24,29,37H,14-15,17-20H2,1-4H3,(H,38,39,42)/t21-,24?,34?/m0/s1. The van der Waals surface area contributed by atoms with Crippen molar-refractivity contribution in [2.75, 3.05) is 18.4 Å². The van der Waals surface area contributed by atoms with Gasteiger partial charge in [-0.15, -0.1) is 16.4 Å². The SMILES string of the molecule is C[C@H](N(Cc1ccc2c(c1)nc(NC(=O)c1ccc(C(F)F)s1)n2C1CC2(CCNC2)C1)OC(=O)c1ccccc1)C(C)(C)C. The number of nitrogens with one attached hydrogen (secondary N) is 2. The maximum atomic E-state index is 13.2. The molecule has 45 heavy (non-hydrogen) atoms. The summed E-state index contributed by atoms with van der Waals surface area (Å²) in [7, 11) is 0. The number of amides is 1. The predicted molar refractivity (Wildman–Crippen MR) is 171 cm³/mol. The molecular weight excluding hydrogens is 596 g/mol. The highest BCUT2D eigenvalue weighted by Crippen LogP contribution is 2.53. The molecule has 6 rings (SSSR count). The number of carbonyl (C=O) groups is 2. The molecule has 1 atom stereocenters. The van der Waals surface area contributed by atoms with Gasteiger partial charge in [-0.25, -0.2) is 18.6 Å². The van der Waals surface area contributed by atoms with Crippen LogP contribution in [0.4, 0.5) is 14.7 Å². The zero-order valence-electron chi connectivity index (χ0n) is 26.0. The van der Waals surface area contributed by atoms with E-state index in [9.17, 15) is 18.4 Å². The van der Waals surface area contributed by atoms with Gasteiger partial charge in [0.25, 0.3) is 12.3 Å². The number of carbonyl (C=O) groups excluding carboxylic acids is 2. The topological polar surface area (TPSA) is 88.5 Å². The highest BCUT2D eigenvalue weighted by molar-refractivity contribution is 7.14. The number of imidazole rings is 1. The normalized spacial score (nSPS) is 20.6. The summed E-state index contributed by atoms with van der Waals surface area (Å²) in [5, 5.41) is 8.11.